The molecule has 82 heavy (non-hydrogen) atoms. The maximum Gasteiger partial charge on any atom is 0.373 e. The Kier molecular flexibility index (Phi) is 21.0. The molecule has 0 radical (unpaired) electrons. The van der Waals surface area contributed by atoms with Crippen molar-refractivity contribution in [2.75, 3.05) is 54.0 Å². The van der Waals surface area contributed by atoms with Crippen molar-refractivity contribution in [3.05, 3.63) is 197 Å². The van der Waals surface area contributed by atoms with Crippen LogP contribution in [0.25, 0.3) is 27.7 Å². The number of carbonyl (C=O) groups is 3. The minimum Gasteiger partial charge on any atom is -0.475 e. The van der Waals surface area contributed by atoms with E-state index in [1.165, 1.54) is 18.0 Å². The number of halogens is 2. The number of carboxylic acids is 1. The summed E-state index contributed by atoms with van der Waals surface area (Å²) in [5, 5.41) is 14.5. The van der Waals surface area contributed by atoms with Gasteiger partial charge in [0.2, 0.25) is 11.6 Å². The van der Waals surface area contributed by atoms with E-state index in [-0.39, 0.29) is 57.8 Å². The summed E-state index contributed by atoms with van der Waals surface area (Å²) in [6, 6.07) is 28.1. The fourth-order valence-corrected chi connectivity index (χ4v) is 10.2. The van der Waals surface area contributed by atoms with Gasteiger partial charge in [-0.1, -0.05) is 68.5 Å². The van der Waals surface area contributed by atoms with Gasteiger partial charge in [0.05, 0.1) is 21.0 Å². The number of nitrogens with two attached hydrogens (primary N) is 1. The highest BCUT2D eigenvalue weighted by Gasteiger charge is 2.29. The maximum absolute atomic E-state index is 12.6. The third-order valence-electron chi connectivity index (χ3n) is 13.7. The maximum atomic E-state index is 12.6. The average Bonchev–Trinajstić information content (AvgIpc) is 4.42. The number of carboxylic acid groups (broad SMARTS) is 1. The molecule has 0 unspecified atom stereocenters. The lowest BCUT2D eigenvalue weighted by Gasteiger charge is -2.19. The summed E-state index contributed by atoms with van der Waals surface area (Å²) < 4.78 is 7.88. The van der Waals surface area contributed by atoms with Crippen molar-refractivity contribution in [1.29, 1.82) is 0 Å². The van der Waals surface area contributed by atoms with E-state index >= 15 is 0 Å². The molecular formula is C60H68Br2N16O4. The molecule has 3 saturated heterocycles. The summed E-state index contributed by atoms with van der Waals surface area (Å²) in [6.07, 6.45) is 26.4. The predicted octanol–water partition coefficient (Wildman–Crippen LogP) is 9.93. The van der Waals surface area contributed by atoms with Crippen LogP contribution in [0.15, 0.2) is 174 Å². The van der Waals surface area contributed by atoms with Crippen LogP contribution in [0, 0.1) is 6.92 Å². The molecule has 3 aliphatic rings. The Morgan fingerprint density at radius 3 is 1.60 bits per heavy atom. The Balaban J connectivity index is 0.000000166. The van der Waals surface area contributed by atoms with Crippen LogP contribution < -0.4 is 31.1 Å². The van der Waals surface area contributed by atoms with Crippen molar-refractivity contribution in [3.63, 3.8) is 0 Å². The van der Waals surface area contributed by atoms with Crippen LogP contribution in [0.1, 0.15) is 78.7 Å². The van der Waals surface area contributed by atoms with E-state index in [9.17, 15) is 14.4 Å². The van der Waals surface area contributed by atoms with E-state index in [1.54, 1.807) is 12.4 Å². The van der Waals surface area contributed by atoms with Gasteiger partial charge in [-0.2, -0.15) is 0 Å². The van der Waals surface area contributed by atoms with Gasteiger partial charge < -0.3 is 49.4 Å². The number of benzene rings is 2. The molecule has 8 aromatic heterocycles. The smallest absolute Gasteiger partial charge is 0.373 e. The number of hydrogen-bond donors (Lipinski definition) is 4. The summed E-state index contributed by atoms with van der Waals surface area (Å²) in [4.78, 5) is 71.1. The molecule has 10 aromatic rings. The fourth-order valence-electron chi connectivity index (χ4n) is 9.72. The van der Waals surface area contributed by atoms with Crippen LogP contribution in [0.5, 0.6) is 0 Å². The number of aromatic nitrogens is 10. The second kappa shape index (κ2) is 28.2. The number of aromatic carboxylic acids is 1. The predicted molar refractivity (Wildman–Crippen MR) is 330 cm³/mol. The van der Waals surface area contributed by atoms with Crippen LogP contribution in [0.4, 0.5) is 17.5 Å². The van der Waals surface area contributed by atoms with Gasteiger partial charge >= 0.3 is 5.97 Å². The lowest BCUT2D eigenvalue weighted by Crippen LogP contribution is -2.38. The second-order valence-electron chi connectivity index (χ2n) is 19.1. The van der Waals surface area contributed by atoms with Crippen molar-refractivity contribution >= 4 is 83.6 Å². The summed E-state index contributed by atoms with van der Waals surface area (Å²) in [6.45, 7) is 7.24. The lowest BCUT2D eigenvalue weighted by molar-refractivity contribution is 0.0682. The highest BCUT2D eigenvalue weighted by molar-refractivity contribution is 9.10. The third kappa shape index (κ3) is 14.7. The summed E-state index contributed by atoms with van der Waals surface area (Å²) in [5.41, 5.74) is 13.1. The number of aryl methyl sites for hydroxylation is 1. The molecule has 0 bridgehead atoms. The van der Waals surface area contributed by atoms with E-state index < -0.39 is 5.97 Å². The Bertz CT molecular complexity index is 3690. The minimum absolute atomic E-state index is 0. The molecule has 0 saturated carbocycles. The largest absolute Gasteiger partial charge is 0.475 e. The van der Waals surface area contributed by atoms with Crippen molar-refractivity contribution in [2.45, 2.75) is 66.6 Å². The Morgan fingerprint density at radius 2 is 1.04 bits per heavy atom. The molecule has 0 aliphatic carbocycles. The van der Waals surface area contributed by atoms with Crippen LogP contribution in [-0.4, -0.2) is 128 Å². The Labute approximate surface area is 493 Å². The molecule has 2 aromatic carbocycles. The Morgan fingerprint density at radius 1 is 0.524 bits per heavy atom. The molecular weight excluding hydrogens is 1170 g/mol. The second-order valence-corrected chi connectivity index (χ2v) is 20.9. The van der Waals surface area contributed by atoms with Gasteiger partial charge in [0.25, 0.3) is 11.8 Å². The first kappa shape index (κ1) is 61.0. The molecule has 426 valence electrons. The molecule has 2 amide bonds. The standard InChI is InChI=1S/C23H22N6O.C18H17BrN4O.C11H14N4.C5H3BrN2O2.3CH4/c1-16-7-10-28-12-9-24-22(20(16)28)29-11-8-19(15-29)27-23(30)21-25-13-18(14-26-21)17-5-3-2-4-6-17;19-14-5-3-13(4-6-14)18(24)21-15-7-10-23(12-15)17-16-2-1-9-22(16)11-8-20-17;12-9-3-6-15(8-9)11-10-2-1-5-14(10)7-4-13-11;6-3-1-7-4(5(9)10)8-2-3;;;/h2-7,9-10,12-14,19H,8,11,15H2,1H3,(H,27,30);1-6,8-9,11,15H,7,10,12H2,(H,21,24);1-2,4-5,7,9H,3,6,8,12H2;1-2H,(H,9,10);3*1H4/t19-;15-;9-;;;;/m000..../s1. The minimum atomic E-state index is -1.12. The van der Waals surface area contributed by atoms with E-state index in [0.717, 1.165) is 102 Å². The monoisotopic (exact) mass is 1230 g/mol. The van der Waals surface area contributed by atoms with Crippen LogP contribution in [-0.2, 0) is 0 Å². The van der Waals surface area contributed by atoms with Crippen LogP contribution >= 0.6 is 31.9 Å². The number of fused-ring (bicyclic) bond motifs is 3. The van der Waals surface area contributed by atoms with E-state index in [2.05, 4.69) is 130 Å². The highest BCUT2D eigenvalue weighted by atomic mass is 79.9. The molecule has 3 aliphatic heterocycles. The average molecular weight is 1240 g/mol. The van der Waals surface area contributed by atoms with Crippen LogP contribution in [0.2, 0.25) is 0 Å². The topological polar surface area (TPSA) is 235 Å². The van der Waals surface area contributed by atoms with Gasteiger partial charge in [-0.15, -0.1) is 0 Å². The van der Waals surface area contributed by atoms with Gasteiger partial charge in [-0.3, -0.25) is 9.59 Å². The lowest BCUT2D eigenvalue weighted by atomic mass is 10.1. The number of nitrogens with one attached hydrogen (secondary N) is 2. The zero-order chi connectivity index (χ0) is 54.8. The number of hydrogen-bond acceptors (Lipinski definition) is 14. The van der Waals surface area contributed by atoms with Gasteiger partial charge in [0, 0.05) is 154 Å². The number of rotatable bonds is 9. The highest BCUT2D eigenvalue weighted by Crippen LogP contribution is 2.28. The molecule has 5 N–H and O–H groups in total. The SMILES string of the molecule is C.C.C.Cc1ccn2ccnc(N3CC[C@H](NC(=O)c4ncc(-c5ccccc5)cn4)C3)c12.N[C@H]1CCN(c2nccn3cccc23)C1.O=C(N[C@H]1CCN(c2nccn3cccc23)C1)c1ccc(Br)cc1.O=C(O)c1ncc(Br)cn1. The fraction of sp³-hybridized carbons (Fsp3) is 0.267. The molecule has 3 fully saturated rings. The molecule has 11 heterocycles. The number of amides is 2. The normalized spacial score (nSPS) is 16.0. The zero-order valence-electron chi connectivity index (χ0n) is 43.0. The first-order valence-corrected chi connectivity index (χ1v) is 27.2. The molecule has 3 atom stereocenters. The van der Waals surface area contributed by atoms with E-state index in [1.807, 2.05) is 123 Å². The quantitative estimate of drug-likeness (QED) is 0.105. The molecule has 22 heteroatoms. The van der Waals surface area contributed by atoms with E-state index in [4.69, 9.17) is 10.8 Å². The molecule has 20 nitrogen and oxygen atoms in total. The van der Waals surface area contributed by atoms with Gasteiger partial charge in [-0.05, 0) is 108 Å². The van der Waals surface area contributed by atoms with Crippen molar-refractivity contribution < 1.29 is 19.5 Å². The number of anilines is 3. The van der Waals surface area contributed by atoms with E-state index in [0.29, 0.717) is 22.6 Å². The van der Waals surface area contributed by atoms with Gasteiger partial charge in [0.15, 0.2) is 17.5 Å². The zero-order valence-corrected chi connectivity index (χ0v) is 46.2. The van der Waals surface area contributed by atoms with Gasteiger partial charge in [-0.25, -0.2) is 39.7 Å². The number of nitrogens with zero attached hydrogens (tertiary/aromatic N) is 13. The third-order valence-corrected chi connectivity index (χ3v) is 14.6. The molecule has 0 spiro atoms. The summed E-state index contributed by atoms with van der Waals surface area (Å²) in [7, 11) is 0. The van der Waals surface area contributed by atoms with Crippen molar-refractivity contribution in [1.82, 2.24) is 58.7 Å². The number of carbonyl (C=O) groups excluding carboxylic acids is 2. The van der Waals surface area contributed by atoms with Crippen LogP contribution in [0.3, 0.4) is 0 Å². The summed E-state index contributed by atoms with van der Waals surface area (Å²) in [5.74, 6) is 1.60. The Hall–Kier alpha value is -8.60. The first-order valence-electron chi connectivity index (χ1n) is 25.7. The first-order chi connectivity index (χ1) is 38.4. The summed E-state index contributed by atoms with van der Waals surface area (Å²) >= 11 is 6.46. The van der Waals surface area contributed by atoms with Gasteiger partial charge in [0.1, 0.15) is 0 Å². The molecule has 13 rings (SSSR count). The van der Waals surface area contributed by atoms with Crippen molar-refractivity contribution in [3.8, 4) is 11.1 Å². The van der Waals surface area contributed by atoms with Crippen molar-refractivity contribution in [2.24, 2.45) is 5.73 Å².